The number of Topliss-reactive ketones (excluding diaryl/α,β-unsaturated/α-hetero) is 1. The van der Waals surface area contributed by atoms with Crippen LogP contribution in [0.25, 0.3) is 0 Å². The first-order valence-corrected chi connectivity index (χ1v) is 9.47. The zero-order valence-corrected chi connectivity index (χ0v) is 16.6. The maximum Gasteiger partial charge on any atom is 0.408 e. The number of carbonyl (C=O) groups excluding carboxylic acids is 2. The van der Waals surface area contributed by atoms with E-state index in [0.717, 1.165) is 5.56 Å². The van der Waals surface area contributed by atoms with Crippen molar-refractivity contribution in [3.8, 4) is 0 Å². The van der Waals surface area contributed by atoms with E-state index in [9.17, 15) is 19.5 Å². The van der Waals surface area contributed by atoms with E-state index in [1.807, 2.05) is 58.0 Å². The second-order valence-corrected chi connectivity index (χ2v) is 7.40. The summed E-state index contributed by atoms with van der Waals surface area (Å²) in [4.78, 5) is 36.3. The second-order valence-electron chi connectivity index (χ2n) is 7.40. The molecule has 0 fully saturated rings. The Morgan fingerprint density at radius 3 is 2.26 bits per heavy atom. The van der Waals surface area contributed by atoms with Gasteiger partial charge >= 0.3 is 12.1 Å². The molecule has 1 aromatic carbocycles. The van der Waals surface area contributed by atoms with Crippen molar-refractivity contribution in [2.45, 2.75) is 59.6 Å². The standard InChI is InChI=1S/C21H31NO5/c1-5-15(4)19(18(23)12-17(20(24)25)11-14(2)3)22-21(26)27-13-16-9-7-6-8-10-16/h6-10,14-15,17,19H,5,11-13H2,1-4H3,(H,22,26)(H,24,25)/t15?,17-,19+/m1/s1. The monoisotopic (exact) mass is 377 g/mol. The Hall–Kier alpha value is -2.37. The van der Waals surface area contributed by atoms with Crippen molar-refractivity contribution < 1.29 is 24.2 Å². The fraction of sp³-hybridized carbons (Fsp3) is 0.571. The molecule has 0 aliphatic carbocycles. The highest BCUT2D eigenvalue weighted by molar-refractivity contribution is 5.90. The van der Waals surface area contributed by atoms with Crippen LogP contribution in [0.3, 0.4) is 0 Å². The number of carboxylic acids is 1. The summed E-state index contributed by atoms with van der Waals surface area (Å²) in [5.41, 5.74) is 0.849. The third-order valence-corrected chi connectivity index (χ3v) is 4.60. The molecule has 0 saturated heterocycles. The summed E-state index contributed by atoms with van der Waals surface area (Å²) in [6, 6.07) is 8.50. The Morgan fingerprint density at radius 1 is 1.11 bits per heavy atom. The minimum absolute atomic E-state index is 0.0957. The number of aliphatic carboxylic acids is 1. The van der Waals surface area contributed by atoms with Crippen LogP contribution in [0.1, 0.15) is 52.5 Å². The predicted molar refractivity (Wildman–Crippen MR) is 103 cm³/mol. The molecule has 0 radical (unpaired) electrons. The van der Waals surface area contributed by atoms with Gasteiger partial charge in [-0.25, -0.2) is 4.79 Å². The molecular formula is C21H31NO5. The lowest BCUT2D eigenvalue weighted by Crippen LogP contribution is -2.46. The van der Waals surface area contributed by atoms with Crippen molar-refractivity contribution in [2.24, 2.45) is 17.8 Å². The first-order valence-electron chi connectivity index (χ1n) is 9.47. The summed E-state index contributed by atoms with van der Waals surface area (Å²) in [5, 5.41) is 12.0. The van der Waals surface area contributed by atoms with Crippen LogP contribution in [0.4, 0.5) is 4.79 Å². The molecule has 1 unspecified atom stereocenters. The molecule has 0 aliphatic heterocycles. The maximum absolute atomic E-state index is 12.7. The maximum atomic E-state index is 12.7. The number of ether oxygens (including phenoxy) is 1. The third kappa shape index (κ3) is 8.24. The van der Waals surface area contributed by atoms with Gasteiger partial charge in [-0.05, 0) is 23.8 Å². The molecular weight excluding hydrogens is 346 g/mol. The first-order chi connectivity index (χ1) is 12.7. The van der Waals surface area contributed by atoms with Gasteiger partial charge in [-0.2, -0.15) is 0 Å². The van der Waals surface area contributed by atoms with Crippen molar-refractivity contribution in [1.82, 2.24) is 5.32 Å². The van der Waals surface area contributed by atoms with Crippen LogP contribution in [-0.2, 0) is 20.9 Å². The fourth-order valence-corrected chi connectivity index (χ4v) is 2.88. The van der Waals surface area contributed by atoms with Gasteiger partial charge in [0.2, 0.25) is 0 Å². The molecule has 0 bridgehead atoms. The summed E-state index contributed by atoms with van der Waals surface area (Å²) in [6.45, 7) is 7.74. The molecule has 1 aromatic rings. The third-order valence-electron chi connectivity index (χ3n) is 4.60. The van der Waals surface area contributed by atoms with Gasteiger partial charge in [0.15, 0.2) is 5.78 Å². The van der Waals surface area contributed by atoms with Gasteiger partial charge in [-0.1, -0.05) is 64.4 Å². The van der Waals surface area contributed by atoms with E-state index >= 15 is 0 Å². The molecule has 0 spiro atoms. The van der Waals surface area contributed by atoms with E-state index in [0.29, 0.717) is 12.8 Å². The number of carboxylic acid groups (broad SMARTS) is 1. The predicted octanol–water partition coefficient (Wildman–Crippen LogP) is 4.03. The summed E-state index contributed by atoms with van der Waals surface area (Å²) < 4.78 is 5.20. The molecule has 6 heteroatoms. The van der Waals surface area contributed by atoms with E-state index in [-0.39, 0.29) is 30.6 Å². The van der Waals surface area contributed by atoms with Crippen LogP contribution in [-0.4, -0.2) is 29.0 Å². The van der Waals surface area contributed by atoms with Crippen LogP contribution in [0.2, 0.25) is 0 Å². The molecule has 0 aliphatic rings. The molecule has 150 valence electrons. The number of nitrogens with one attached hydrogen (secondary N) is 1. The Morgan fingerprint density at radius 2 is 1.74 bits per heavy atom. The number of rotatable bonds is 11. The molecule has 1 rings (SSSR count). The van der Waals surface area contributed by atoms with Crippen LogP contribution in [0.5, 0.6) is 0 Å². The van der Waals surface area contributed by atoms with Gasteiger partial charge < -0.3 is 15.2 Å². The molecule has 27 heavy (non-hydrogen) atoms. The van der Waals surface area contributed by atoms with Crippen LogP contribution < -0.4 is 5.32 Å². The smallest absolute Gasteiger partial charge is 0.408 e. The Bertz CT molecular complexity index is 614. The van der Waals surface area contributed by atoms with Gasteiger partial charge in [0, 0.05) is 6.42 Å². The quantitative estimate of drug-likeness (QED) is 0.607. The van der Waals surface area contributed by atoms with Gasteiger partial charge in [0.05, 0.1) is 12.0 Å². The van der Waals surface area contributed by atoms with Crippen molar-refractivity contribution in [2.75, 3.05) is 0 Å². The first kappa shape index (κ1) is 22.7. The number of benzene rings is 1. The lowest BCUT2D eigenvalue weighted by molar-refractivity contribution is -0.144. The van der Waals surface area contributed by atoms with E-state index < -0.39 is 24.0 Å². The van der Waals surface area contributed by atoms with Gasteiger partial charge in [0.25, 0.3) is 0 Å². The molecule has 0 aromatic heterocycles. The van der Waals surface area contributed by atoms with Gasteiger partial charge in [-0.3, -0.25) is 9.59 Å². The SMILES string of the molecule is CCC(C)[C@H](NC(=O)OCc1ccccc1)C(=O)C[C@@H](CC(C)C)C(=O)O. The van der Waals surface area contributed by atoms with Crippen molar-refractivity contribution in [3.05, 3.63) is 35.9 Å². The lowest BCUT2D eigenvalue weighted by Gasteiger charge is -2.24. The molecule has 1 amide bonds. The topological polar surface area (TPSA) is 92.7 Å². The van der Waals surface area contributed by atoms with Crippen molar-refractivity contribution in [1.29, 1.82) is 0 Å². The van der Waals surface area contributed by atoms with E-state index in [2.05, 4.69) is 5.32 Å². The highest BCUT2D eigenvalue weighted by atomic mass is 16.5. The van der Waals surface area contributed by atoms with Crippen molar-refractivity contribution >= 4 is 17.8 Å². The normalized spacial score (nSPS) is 14.3. The van der Waals surface area contributed by atoms with E-state index in [1.54, 1.807) is 0 Å². The Balaban J connectivity index is 2.71. The minimum atomic E-state index is -0.980. The average Bonchev–Trinajstić information content (AvgIpc) is 2.63. The molecule has 0 heterocycles. The highest BCUT2D eigenvalue weighted by Crippen LogP contribution is 2.20. The van der Waals surface area contributed by atoms with Gasteiger partial charge in [-0.15, -0.1) is 0 Å². The summed E-state index contributed by atoms with van der Waals surface area (Å²) in [7, 11) is 0. The molecule has 6 nitrogen and oxygen atoms in total. The van der Waals surface area contributed by atoms with E-state index in [1.165, 1.54) is 0 Å². The Labute approximate surface area is 161 Å². The van der Waals surface area contributed by atoms with Crippen LogP contribution in [0, 0.1) is 17.8 Å². The van der Waals surface area contributed by atoms with Crippen LogP contribution >= 0.6 is 0 Å². The second kappa shape index (κ2) is 11.4. The zero-order chi connectivity index (χ0) is 20.4. The number of ketones is 1. The number of hydrogen-bond acceptors (Lipinski definition) is 4. The average molecular weight is 377 g/mol. The fourth-order valence-electron chi connectivity index (χ4n) is 2.88. The number of alkyl carbamates (subject to hydrolysis) is 1. The summed E-state index contributed by atoms with van der Waals surface area (Å²) in [5.74, 6) is -1.94. The van der Waals surface area contributed by atoms with Crippen molar-refractivity contribution in [3.63, 3.8) is 0 Å². The highest BCUT2D eigenvalue weighted by Gasteiger charge is 2.31. The zero-order valence-electron chi connectivity index (χ0n) is 16.6. The summed E-state index contributed by atoms with van der Waals surface area (Å²) in [6.07, 6.45) is 0.333. The Kier molecular flexibility index (Phi) is 9.54. The number of amides is 1. The summed E-state index contributed by atoms with van der Waals surface area (Å²) >= 11 is 0. The largest absolute Gasteiger partial charge is 0.481 e. The number of hydrogen-bond donors (Lipinski definition) is 2. The molecule has 0 saturated carbocycles. The van der Waals surface area contributed by atoms with E-state index in [4.69, 9.17) is 4.74 Å². The molecule has 2 N–H and O–H groups in total. The van der Waals surface area contributed by atoms with Gasteiger partial charge in [0.1, 0.15) is 6.61 Å². The molecule has 3 atom stereocenters. The number of carbonyl (C=O) groups is 3. The lowest BCUT2D eigenvalue weighted by atomic mass is 9.87. The minimum Gasteiger partial charge on any atom is -0.481 e. The van der Waals surface area contributed by atoms with Crippen LogP contribution in [0.15, 0.2) is 30.3 Å².